The van der Waals surface area contributed by atoms with Gasteiger partial charge in [-0.1, -0.05) is 48.8 Å². The van der Waals surface area contributed by atoms with Crippen molar-refractivity contribution in [3.05, 3.63) is 64.6 Å². The average Bonchev–Trinajstić information content (AvgIpc) is 3.26. The molecule has 2 heterocycles. The lowest BCUT2D eigenvalue weighted by Gasteiger charge is -2.00. The molecule has 0 aliphatic carbocycles. The smallest absolute Gasteiger partial charge is 0.273 e. The molecule has 0 fully saturated rings. The molecule has 0 unspecified atom stereocenters. The van der Waals surface area contributed by atoms with E-state index in [9.17, 15) is 4.79 Å². The molecule has 0 saturated carbocycles. The summed E-state index contributed by atoms with van der Waals surface area (Å²) in [5.74, 6) is 2.43. The first-order chi connectivity index (χ1) is 13.0. The summed E-state index contributed by atoms with van der Waals surface area (Å²) < 4.78 is 5.19. The van der Waals surface area contributed by atoms with Crippen molar-refractivity contribution in [2.45, 2.75) is 40.0 Å². The maximum absolute atomic E-state index is 12.1. The molecule has 0 radical (unpaired) electrons. The monoisotopic (exact) mass is 367 g/mol. The summed E-state index contributed by atoms with van der Waals surface area (Å²) in [5, 5.41) is 13.8. The number of hydrogen-bond donors (Lipinski definition) is 2. The highest BCUT2D eigenvalue weighted by atomic mass is 16.5. The fourth-order valence-electron chi connectivity index (χ4n) is 2.72. The van der Waals surface area contributed by atoms with E-state index in [4.69, 9.17) is 4.52 Å². The fourth-order valence-corrected chi connectivity index (χ4v) is 2.72. The first-order valence-corrected chi connectivity index (χ1v) is 9.19. The molecule has 3 rings (SSSR count). The van der Waals surface area contributed by atoms with E-state index in [1.165, 1.54) is 11.1 Å². The fraction of sp³-hybridized carbons (Fsp3) is 0.400. The number of carbonyl (C=O) groups is 1. The third-order valence-corrected chi connectivity index (χ3v) is 4.11. The van der Waals surface area contributed by atoms with Crippen molar-refractivity contribution in [3.63, 3.8) is 0 Å². The van der Waals surface area contributed by atoms with Gasteiger partial charge in [0, 0.05) is 31.9 Å². The number of aromatic nitrogens is 4. The molecule has 0 aliphatic heterocycles. The zero-order valence-corrected chi connectivity index (χ0v) is 16.0. The normalized spacial score (nSPS) is 11.1. The van der Waals surface area contributed by atoms with Crippen molar-refractivity contribution in [3.8, 4) is 0 Å². The molecule has 7 nitrogen and oxygen atoms in total. The highest BCUT2D eigenvalue weighted by Crippen LogP contribution is 2.10. The van der Waals surface area contributed by atoms with Crippen LogP contribution in [0.2, 0.25) is 0 Å². The summed E-state index contributed by atoms with van der Waals surface area (Å²) in [6, 6.07) is 10.0. The lowest BCUT2D eigenvalue weighted by Crippen LogP contribution is -2.26. The molecule has 2 N–H and O–H groups in total. The van der Waals surface area contributed by atoms with Crippen molar-refractivity contribution in [2.24, 2.45) is 5.92 Å². The second-order valence-corrected chi connectivity index (χ2v) is 7.14. The Kier molecular flexibility index (Phi) is 6.01. The molecule has 0 spiro atoms. The zero-order valence-electron chi connectivity index (χ0n) is 16.0. The molecule has 7 heteroatoms. The maximum atomic E-state index is 12.1. The minimum Gasteiger partial charge on any atom is -0.361 e. The maximum Gasteiger partial charge on any atom is 0.273 e. The Morgan fingerprint density at radius 3 is 2.78 bits per heavy atom. The highest BCUT2D eigenvalue weighted by molar-refractivity contribution is 5.92. The SMILES string of the molecule is Cc1ccc(Cc2nc(CCNC(=O)c3cc(CC(C)C)on3)n[nH]2)cc1. The van der Waals surface area contributed by atoms with E-state index in [1.807, 2.05) is 0 Å². The minimum atomic E-state index is -0.246. The molecule has 2 aromatic heterocycles. The van der Waals surface area contributed by atoms with E-state index < -0.39 is 0 Å². The number of hydrogen-bond acceptors (Lipinski definition) is 5. The minimum absolute atomic E-state index is 0.246. The summed E-state index contributed by atoms with van der Waals surface area (Å²) in [6.45, 7) is 6.68. The van der Waals surface area contributed by atoms with Gasteiger partial charge < -0.3 is 9.84 Å². The number of nitrogens with zero attached hydrogens (tertiary/aromatic N) is 3. The molecule has 3 aromatic rings. The molecule has 1 amide bonds. The standard InChI is InChI=1S/C20H25N5O2/c1-13(2)10-16-12-17(25-27-16)20(26)21-9-8-18-22-19(24-23-18)11-15-6-4-14(3)5-7-15/h4-7,12-13H,8-11H2,1-3H3,(H,21,26)(H,22,23,24). The molecule has 1 aromatic carbocycles. The molecular formula is C20H25N5O2. The van der Waals surface area contributed by atoms with Gasteiger partial charge in [-0.15, -0.1) is 0 Å². The zero-order chi connectivity index (χ0) is 19.2. The Balaban J connectivity index is 1.46. The summed E-state index contributed by atoms with van der Waals surface area (Å²) in [7, 11) is 0. The number of aromatic amines is 1. The number of benzene rings is 1. The number of aryl methyl sites for hydroxylation is 1. The van der Waals surface area contributed by atoms with Crippen LogP contribution >= 0.6 is 0 Å². The van der Waals surface area contributed by atoms with Gasteiger partial charge in [0.25, 0.3) is 5.91 Å². The van der Waals surface area contributed by atoms with E-state index in [0.29, 0.717) is 36.8 Å². The average molecular weight is 367 g/mol. The molecule has 0 aliphatic rings. The van der Waals surface area contributed by atoms with Crippen LogP contribution in [0.5, 0.6) is 0 Å². The first kappa shape index (κ1) is 18.8. The summed E-state index contributed by atoms with van der Waals surface area (Å²) in [6.07, 6.45) is 2.02. The first-order valence-electron chi connectivity index (χ1n) is 9.19. The quantitative estimate of drug-likeness (QED) is 0.638. The third kappa shape index (κ3) is 5.51. The topological polar surface area (TPSA) is 96.7 Å². The van der Waals surface area contributed by atoms with Gasteiger partial charge in [0.2, 0.25) is 0 Å². The van der Waals surface area contributed by atoms with Crippen molar-refractivity contribution in [1.82, 2.24) is 25.7 Å². The van der Waals surface area contributed by atoms with E-state index in [1.54, 1.807) is 6.07 Å². The van der Waals surface area contributed by atoms with E-state index in [-0.39, 0.29) is 5.91 Å². The van der Waals surface area contributed by atoms with Crippen LogP contribution in [0.3, 0.4) is 0 Å². The highest BCUT2D eigenvalue weighted by Gasteiger charge is 2.13. The van der Waals surface area contributed by atoms with Gasteiger partial charge in [-0.25, -0.2) is 4.98 Å². The van der Waals surface area contributed by atoms with Crippen LogP contribution in [0.25, 0.3) is 0 Å². The van der Waals surface area contributed by atoms with Crippen LogP contribution in [-0.2, 0) is 19.3 Å². The van der Waals surface area contributed by atoms with E-state index in [0.717, 1.165) is 18.0 Å². The van der Waals surface area contributed by atoms with Crippen LogP contribution < -0.4 is 5.32 Å². The number of H-pyrrole nitrogens is 1. The van der Waals surface area contributed by atoms with Crippen LogP contribution in [0.15, 0.2) is 34.9 Å². The van der Waals surface area contributed by atoms with Crippen LogP contribution in [0.1, 0.15) is 52.9 Å². The van der Waals surface area contributed by atoms with Crippen molar-refractivity contribution < 1.29 is 9.32 Å². The van der Waals surface area contributed by atoms with Gasteiger partial charge in [-0.3, -0.25) is 9.89 Å². The Bertz CT molecular complexity index is 880. The Hall–Kier alpha value is -2.96. The second-order valence-electron chi connectivity index (χ2n) is 7.14. The largest absolute Gasteiger partial charge is 0.361 e. The Morgan fingerprint density at radius 1 is 1.26 bits per heavy atom. The second kappa shape index (κ2) is 8.62. The van der Waals surface area contributed by atoms with Crippen LogP contribution in [0.4, 0.5) is 0 Å². The number of rotatable bonds is 8. The summed E-state index contributed by atoms with van der Waals surface area (Å²) >= 11 is 0. The van der Waals surface area contributed by atoms with Crippen LogP contribution in [0, 0.1) is 12.8 Å². The molecule has 0 bridgehead atoms. The van der Waals surface area contributed by atoms with Gasteiger partial charge in [-0.2, -0.15) is 5.10 Å². The lowest BCUT2D eigenvalue weighted by atomic mass is 10.1. The number of nitrogens with one attached hydrogen (secondary N) is 2. The van der Waals surface area contributed by atoms with Crippen molar-refractivity contribution in [2.75, 3.05) is 6.54 Å². The van der Waals surface area contributed by atoms with Gasteiger partial charge in [0.1, 0.15) is 11.6 Å². The summed E-state index contributed by atoms with van der Waals surface area (Å²) in [4.78, 5) is 16.6. The van der Waals surface area contributed by atoms with Gasteiger partial charge in [0.05, 0.1) is 0 Å². The van der Waals surface area contributed by atoms with Crippen molar-refractivity contribution in [1.29, 1.82) is 0 Å². The molecule has 0 atom stereocenters. The number of carbonyl (C=O) groups excluding carboxylic acids is 1. The number of amides is 1. The molecule has 142 valence electrons. The Labute approximate surface area is 158 Å². The predicted octanol–water partition coefficient (Wildman–Crippen LogP) is 2.86. The van der Waals surface area contributed by atoms with E-state index in [2.05, 4.69) is 70.7 Å². The Morgan fingerprint density at radius 2 is 2.04 bits per heavy atom. The van der Waals surface area contributed by atoms with Gasteiger partial charge in [-0.05, 0) is 18.4 Å². The predicted molar refractivity (Wildman–Crippen MR) is 101 cm³/mol. The van der Waals surface area contributed by atoms with Gasteiger partial charge in [0.15, 0.2) is 11.5 Å². The molecular weight excluding hydrogens is 342 g/mol. The van der Waals surface area contributed by atoms with Gasteiger partial charge >= 0.3 is 0 Å². The third-order valence-electron chi connectivity index (χ3n) is 4.11. The van der Waals surface area contributed by atoms with E-state index >= 15 is 0 Å². The van der Waals surface area contributed by atoms with Crippen molar-refractivity contribution >= 4 is 5.91 Å². The summed E-state index contributed by atoms with van der Waals surface area (Å²) in [5.41, 5.74) is 2.72. The van der Waals surface area contributed by atoms with Crippen LogP contribution in [-0.4, -0.2) is 32.8 Å². The lowest BCUT2D eigenvalue weighted by molar-refractivity contribution is 0.0945. The molecule has 27 heavy (non-hydrogen) atoms. The molecule has 0 saturated heterocycles.